The van der Waals surface area contributed by atoms with Crippen molar-refractivity contribution in [2.45, 2.75) is 6.04 Å². The van der Waals surface area contributed by atoms with E-state index in [9.17, 15) is 23.1 Å². The molecule has 0 spiro atoms. The van der Waals surface area contributed by atoms with Gasteiger partial charge in [0.05, 0.1) is 18.8 Å². The number of amides is 1. The Bertz CT molecular complexity index is 595. The van der Waals surface area contributed by atoms with E-state index in [0.717, 1.165) is 6.20 Å². The van der Waals surface area contributed by atoms with Gasteiger partial charge >= 0.3 is 0 Å². The molecule has 3 N–H and O–H groups in total. The maximum absolute atomic E-state index is 13.1. The fourth-order valence-corrected chi connectivity index (χ4v) is 1.55. The highest BCUT2D eigenvalue weighted by atomic mass is 19.2. The Kier molecular flexibility index (Phi) is 3.99. The van der Waals surface area contributed by atoms with Gasteiger partial charge in [0, 0.05) is 0 Å². The second-order valence-electron chi connectivity index (χ2n) is 3.86. The molecule has 20 heavy (non-hydrogen) atoms. The lowest BCUT2D eigenvalue weighted by atomic mass is 10.1. The largest absolute Gasteiger partial charge is 0.394 e. The van der Waals surface area contributed by atoms with E-state index >= 15 is 0 Å². The van der Waals surface area contributed by atoms with Gasteiger partial charge in [0.25, 0.3) is 5.91 Å². The molecular formula is C11H9F3N4O2. The Labute approximate surface area is 110 Å². The van der Waals surface area contributed by atoms with Crippen LogP contribution in [0.4, 0.5) is 13.2 Å². The highest BCUT2D eigenvalue weighted by molar-refractivity contribution is 5.92. The first-order chi connectivity index (χ1) is 9.52. The average molecular weight is 286 g/mol. The normalized spacial score (nSPS) is 12.2. The highest BCUT2D eigenvalue weighted by Crippen LogP contribution is 2.19. The van der Waals surface area contributed by atoms with Gasteiger partial charge in [-0.25, -0.2) is 13.2 Å². The molecule has 1 unspecified atom stereocenters. The maximum atomic E-state index is 13.1. The van der Waals surface area contributed by atoms with Gasteiger partial charge in [0.15, 0.2) is 23.1 Å². The van der Waals surface area contributed by atoms with Crippen LogP contribution < -0.4 is 5.32 Å². The van der Waals surface area contributed by atoms with Gasteiger partial charge in [-0.05, 0) is 17.7 Å². The van der Waals surface area contributed by atoms with Crippen LogP contribution >= 0.6 is 0 Å². The van der Waals surface area contributed by atoms with Gasteiger partial charge in [-0.3, -0.25) is 4.79 Å². The van der Waals surface area contributed by atoms with Crippen molar-refractivity contribution in [2.24, 2.45) is 0 Å². The van der Waals surface area contributed by atoms with Crippen molar-refractivity contribution in [3.8, 4) is 0 Å². The van der Waals surface area contributed by atoms with Crippen molar-refractivity contribution in [1.82, 2.24) is 20.7 Å². The van der Waals surface area contributed by atoms with E-state index in [2.05, 4.69) is 20.7 Å². The van der Waals surface area contributed by atoms with Crippen LogP contribution in [-0.2, 0) is 0 Å². The van der Waals surface area contributed by atoms with Crippen LogP contribution in [0.2, 0.25) is 0 Å². The van der Waals surface area contributed by atoms with Crippen molar-refractivity contribution in [3.63, 3.8) is 0 Å². The van der Waals surface area contributed by atoms with Crippen LogP contribution in [-0.4, -0.2) is 33.0 Å². The van der Waals surface area contributed by atoms with E-state index in [1.165, 1.54) is 0 Å². The number of carbonyl (C=O) groups excluding carboxylic acids is 1. The smallest absolute Gasteiger partial charge is 0.274 e. The minimum atomic E-state index is -1.62. The number of H-pyrrole nitrogens is 1. The van der Waals surface area contributed by atoms with Crippen LogP contribution in [0, 0.1) is 17.5 Å². The Morgan fingerprint density at radius 2 is 2.00 bits per heavy atom. The van der Waals surface area contributed by atoms with Crippen molar-refractivity contribution in [3.05, 3.63) is 47.0 Å². The lowest BCUT2D eigenvalue weighted by Gasteiger charge is -2.16. The summed E-state index contributed by atoms with van der Waals surface area (Å²) in [6.07, 6.45) is 1.13. The van der Waals surface area contributed by atoms with E-state index in [4.69, 9.17) is 0 Å². The number of halogens is 3. The SMILES string of the molecule is O=C(NC(CO)c1cc(F)c(F)c(F)c1)c1cn[nH]n1. The monoisotopic (exact) mass is 286 g/mol. The third-order valence-corrected chi connectivity index (χ3v) is 2.54. The molecule has 1 aromatic heterocycles. The van der Waals surface area contributed by atoms with Crippen LogP contribution in [0.25, 0.3) is 0 Å². The molecule has 1 amide bonds. The highest BCUT2D eigenvalue weighted by Gasteiger charge is 2.20. The zero-order valence-corrected chi connectivity index (χ0v) is 9.90. The first-order valence-corrected chi connectivity index (χ1v) is 5.45. The number of hydrogen-bond donors (Lipinski definition) is 3. The van der Waals surface area contributed by atoms with Gasteiger partial charge < -0.3 is 10.4 Å². The summed E-state index contributed by atoms with van der Waals surface area (Å²) >= 11 is 0. The third kappa shape index (κ3) is 2.77. The van der Waals surface area contributed by atoms with Gasteiger partial charge in [-0.1, -0.05) is 0 Å². The molecule has 0 aliphatic carbocycles. The van der Waals surface area contributed by atoms with Gasteiger partial charge in [0.2, 0.25) is 0 Å². The molecule has 106 valence electrons. The molecule has 2 rings (SSSR count). The number of hydrogen-bond acceptors (Lipinski definition) is 4. The molecule has 9 heteroatoms. The standard InChI is InChI=1S/C11H9F3N4O2/c12-6-1-5(2-7(13)10(6)14)9(4-19)16-11(20)8-3-15-18-17-8/h1-3,9,19H,4H2,(H,16,20)(H,15,17,18). The van der Waals surface area contributed by atoms with Crippen LogP contribution in [0.1, 0.15) is 22.1 Å². The second kappa shape index (κ2) is 5.70. The molecule has 0 radical (unpaired) electrons. The predicted molar refractivity (Wildman–Crippen MR) is 60.0 cm³/mol. The number of aliphatic hydroxyl groups is 1. The number of benzene rings is 1. The van der Waals surface area contributed by atoms with E-state index in [1.807, 2.05) is 0 Å². The summed E-state index contributed by atoms with van der Waals surface area (Å²) in [5, 5.41) is 20.6. The summed E-state index contributed by atoms with van der Waals surface area (Å²) in [7, 11) is 0. The summed E-state index contributed by atoms with van der Waals surface area (Å²) < 4.78 is 39.1. The average Bonchev–Trinajstić information content (AvgIpc) is 2.95. The van der Waals surface area contributed by atoms with Crippen LogP contribution in [0.3, 0.4) is 0 Å². The molecule has 0 aliphatic heterocycles. The number of carbonyl (C=O) groups is 1. The molecule has 1 atom stereocenters. The van der Waals surface area contributed by atoms with E-state index < -0.39 is 36.0 Å². The fourth-order valence-electron chi connectivity index (χ4n) is 1.55. The molecule has 6 nitrogen and oxygen atoms in total. The lowest BCUT2D eigenvalue weighted by molar-refractivity contribution is 0.0910. The molecule has 0 saturated carbocycles. The molecule has 1 heterocycles. The summed E-state index contributed by atoms with van der Waals surface area (Å²) in [4.78, 5) is 11.7. The predicted octanol–water partition coefficient (Wildman–Crippen LogP) is 0.685. The number of rotatable bonds is 4. The van der Waals surface area contributed by atoms with E-state index in [0.29, 0.717) is 12.1 Å². The molecule has 2 aromatic rings. The van der Waals surface area contributed by atoms with Crippen LogP contribution in [0.5, 0.6) is 0 Å². The van der Waals surface area contributed by atoms with Crippen molar-refractivity contribution < 1.29 is 23.1 Å². The molecule has 0 aliphatic rings. The minimum Gasteiger partial charge on any atom is -0.394 e. The first-order valence-electron chi connectivity index (χ1n) is 5.45. The van der Waals surface area contributed by atoms with Gasteiger partial charge in [-0.2, -0.15) is 15.4 Å². The van der Waals surface area contributed by atoms with E-state index in [1.54, 1.807) is 0 Å². The first kappa shape index (κ1) is 14.0. The zero-order chi connectivity index (χ0) is 14.7. The number of nitrogens with zero attached hydrogens (tertiary/aromatic N) is 2. The molecule has 0 saturated heterocycles. The summed E-state index contributed by atoms with van der Waals surface area (Å²) in [5.41, 5.74) is -0.174. The topological polar surface area (TPSA) is 90.9 Å². The zero-order valence-electron chi connectivity index (χ0n) is 9.90. The lowest BCUT2D eigenvalue weighted by Crippen LogP contribution is -2.31. The van der Waals surface area contributed by atoms with E-state index in [-0.39, 0.29) is 11.3 Å². The Balaban J connectivity index is 2.22. The molecule has 0 fully saturated rings. The van der Waals surface area contributed by atoms with Gasteiger partial charge in [0.1, 0.15) is 0 Å². The quantitative estimate of drug-likeness (QED) is 0.721. The third-order valence-electron chi connectivity index (χ3n) is 2.54. The number of nitrogens with one attached hydrogen (secondary N) is 2. The Hall–Kier alpha value is -2.42. The Morgan fingerprint density at radius 3 is 2.50 bits per heavy atom. The minimum absolute atomic E-state index is 0.0634. The summed E-state index contributed by atoms with van der Waals surface area (Å²) in [6.45, 7) is -0.631. The fraction of sp³-hybridized carbons (Fsp3) is 0.182. The number of aromatic nitrogens is 3. The van der Waals surface area contributed by atoms with Crippen molar-refractivity contribution in [1.29, 1.82) is 0 Å². The number of aliphatic hydroxyl groups excluding tert-OH is 1. The summed E-state index contributed by atoms with van der Waals surface area (Å²) in [6, 6.07) is 0.286. The van der Waals surface area contributed by atoms with Crippen molar-refractivity contribution in [2.75, 3.05) is 6.61 Å². The number of aromatic amines is 1. The maximum Gasteiger partial charge on any atom is 0.274 e. The van der Waals surface area contributed by atoms with Crippen LogP contribution in [0.15, 0.2) is 18.3 Å². The summed E-state index contributed by atoms with van der Waals surface area (Å²) in [5.74, 6) is -5.14. The van der Waals surface area contributed by atoms with Gasteiger partial charge in [-0.15, -0.1) is 0 Å². The molecule has 1 aromatic carbocycles. The molecular weight excluding hydrogens is 277 g/mol. The molecule has 0 bridgehead atoms. The van der Waals surface area contributed by atoms with Crippen molar-refractivity contribution >= 4 is 5.91 Å². The second-order valence-corrected chi connectivity index (χ2v) is 3.86. The Morgan fingerprint density at radius 1 is 1.35 bits per heavy atom.